The van der Waals surface area contributed by atoms with Crippen LogP contribution >= 0.6 is 0 Å². The van der Waals surface area contributed by atoms with E-state index >= 15 is 0 Å². The lowest BCUT2D eigenvalue weighted by Crippen LogP contribution is -2.39. The fourth-order valence-electron chi connectivity index (χ4n) is 2.68. The lowest BCUT2D eigenvalue weighted by molar-refractivity contribution is -0.120. The van der Waals surface area contributed by atoms with Crippen LogP contribution in [0.5, 0.6) is 5.75 Å². The third-order valence-electron chi connectivity index (χ3n) is 3.58. The summed E-state index contributed by atoms with van der Waals surface area (Å²) >= 11 is 0. The average molecular weight is 267 g/mol. The normalized spacial score (nSPS) is 16.9. The molecule has 1 aliphatic rings. The smallest absolute Gasteiger partial charge is 0.265 e. The van der Waals surface area contributed by atoms with E-state index in [0.29, 0.717) is 0 Å². The predicted molar refractivity (Wildman–Crippen MR) is 79.0 cm³/mol. The van der Waals surface area contributed by atoms with Gasteiger partial charge in [-0.1, -0.05) is 36.4 Å². The van der Waals surface area contributed by atoms with Gasteiger partial charge in [0.1, 0.15) is 5.75 Å². The highest BCUT2D eigenvalue weighted by molar-refractivity contribution is 5.97. The quantitative estimate of drug-likeness (QED) is 0.855. The number of ether oxygens (including phenoxy) is 1. The summed E-state index contributed by atoms with van der Waals surface area (Å²) in [5, 5.41) is 0. The highest BCUT2D eigenvalue weighted by Crippen LogP contribution is 2.31. The van der Waals surface area contributed by atoms with Crippen LogP contribution < -0.4 is 9.64 Å². The monoisotopic (exact) mass is 267 g/mol. The maximum Gasteiger partial charge on any atom is 0.265 e. The van der Waals surface area contributed by atoms with Crippen molar-refractivity contribution in [2.45, 2.75) is 19.4 Å². The number of rotatable bonds is 3. The SMILES string of the molecule is C[C@H]1Cc2ccccc2N1C(=O)COc1ccccc1. The molecule has 2 aromatic rings. The van der Waals surface area contributed by atoms with E-state index in [1.165, 1.54) is 5.56 Å². The average Bonchev–Trinajstić information content (AvgIpc) is 2.82. The highest BCUT2D eigenvalue weighted by Gasteiger charge is 2.30. The van der Waals surface area contributed by atoms with Crippen molar-refractivity contribution in [2.75, 3.05) is 11.5 Å². The van der Waals surface area contributed by atoms with Gasteiger partial charge in [-0.2, -0.15) is 0 Å². The lowest BCUT2D eigenvalue weighted by Gasteiger charge is -2.22. The molecule has 20 heavy (non-hydrogen) atoms. The summed E-state index contributed by atoms with van der Waals surface area (Å²) in [4.78, 5) is 14.2. The second-order valence-corrected chi connectivity index (χ2v) is 5.05. The van der Waals surface area contributed by atoms with Gasteiger partial charge >= 0.3 is 0 Å². The molecule has 0 N–H and O–H groups in total. The van der Waals surface area contributed by atoms with Crippen molar-refractivity contribution in [1.29, 1.82) is 0 Å². The predicted octanol–water partition coefficient (Wildman–Crippen LogP) is 3.04. The van der Waals surface area contributed by atoms with Gasteiger partial charge in [-0.25, -0.2) is 0 Å². The van der Waals surface area contributed by atoms with Crippen LogP contribution in [0.25, 0.3) is 0 Å². The minimum Gasteiger partial charge on any atom is -0.484 e. The molecular weight excluding hydrogens is 250 g/mol. The van der Waals surface area contributed by atoms with E-state index in [-0.39, 0.29) is 18.6 Å². The van der Waals surface area contributed by atoms with Crippen LogP contribution in [-0.2, 0) is 11.2 Å². The number of para-hydroxylation sites is 2. The molecule has 0 aliphatic carbocycles. The molecule has 3 rings (SSSR count). The molecule has 0 bridgehead atoms. The van der Waals surface area contributed by atoms with Crippen LogP contribution in [0.2, 0.25) is 0 Å². The van der Waals surface area contributed by atoms with Gasteiger partial charge in [-0.05, 0) is 37.1 Å². The molecule has 0 radical (unpaired) electrons. The van der Waals surface area contributed by atoms with Gasteiger partial charge in [0.25, 0.3) is 5.91 Å². The third kappa shape index (κ3) is 2.39. The molecule has 0 saturated heterocycles. The minimum absolute atomic E-state index is 0.00584. The zero-order chi connectivity index (χ0) is 13.9. The highest BCUT2D eigenvalue weighted by atomic mass is 16.5. The first-order valence-electron chi connectivity index (χ1n) is 6.83. The van der Waals surface area contributed by atoms with Crippen molar-refractivity contribution in [3.63, 3.8) is 0 Å². The standard InChI is InChI=1S/C17H17NO2/c1-13-11-14-7-5-6-10-16(14)18(13)17(19)12-20-15-8-3-2-4-9-15/h2-10,13H,11-12H2,1H3/t13-/m0/s1. The Kier molecular flexibility index (Phi) is 3.42. The number of benzene rings is 2. The van der Waals surface area contributed by atoms with Gasteiger partial charge in [0, 0.05) is 11.7 Å². The number of hydrogen-bond acceptors (Lipinski definition) is 2. The van der Waals surface area contributed by atoms with Gasteiger partial charge in [-0.3, -0.25) is 4.79 Å². The molecule has 0 spiro atoms. The van der Waals surface area contributed by atoms with Gasteiger partial charge in [0.15, 0.2) is 6.61 Å². The van der Waals surface area contributed by atoms with Crippen LogP contribution in [0.3, 0.4) is 0 Å². The second-order valence-electron chi connectivity index (χ2n) is 5.05. The largest absolute Gasteiger partial charge is 0.484 e. The summed E-state index contributed by atoms with van der Waals surface area (Å²) in [7, 11) is 0. The third-order valence-corrected chi connectivity index (χ3v) is 3.58. The molecule has 3 nitrogen and oxygen atoms in total. The Morgan fingerprint density at radius 3 is 2.65 bits per heavy atom. The van der Waals surface area contributed by atoms with E-state index in [9.17, 15) is 4.79 Å². The van der Waals surface area contributed by atoms with Crippen molar-refractivity contribution in [1.82, 2.24) is 0 Å². The molecule has 2 aromatic carbocycles. The van der Waals surface area contributed by atoms with E-state index in [4.69, 9.17) is 4.74 Å². The Morgan fingerprint density at radius 1 is 1.15 bits per heavy atom. The van der Waals surface area contributed by atoms with Crippen molar-refractivity contribution in [3.8, 4) is 5.75 Å². The van der Waals surface area contributed by atoms with Gasteiger partial charge in [0.2, 0.25) is 0 Å². The van der Waals surface area contributed by atoms with Crippen LogP contribution in [0.15, 0.2) is 54.6 Å². The lowest BCUT2D eigenvalue weighted by atomic mass is 10.1. The number of carbonyl (C=O) groups excluding carboxylic acids is 1. The Labute approximate surface area is 118 Å². The number of nitrogens with zero attached hydrogens (tertiary/aromatic N) is 1. The number of fused-ring (bicyclic) bond motifs is 1. The molecule has 102 valence electrons. The molecule has 1 amide bonds. The van der Waals surface area contributed by atoms with E-state index in [1.807, 2.05) is 53.4 Å². The zero-order valence-corrected chi connectivity index (χ0v) is 11.5. The van der Waals surface area contributed by atoms with Crippen molar-refractivity contribution >= 4 is 11.6 Å². The van der Waals surface area contributed by atoms with Crippen LogP contribution in [0.4, 0.5) is 5.69 Å². The van der Waals surface area contributed by atoms with Crippen LogP contribution in [0.1, 0.15) is 12.5 Å². The van der Waals surface area contributed by atoms with Crippen LogP contribution in [-0.4, -0.2) is 18.6 Å². The number of carbonyl (C=O) groups is 1. The fraction of sp³-hybridized carbons (Fsp3) is 0.235. The first kappa shape index (κ1) is 12.7. The topological polar surface area (TPSA) is 29.5 Å². The number of hydrogen-bond donors (Lipinski definition) is 0. The van der Waals surface area contributed by atoms with Crippen LogP contribution in [0, 0.1) is 0 Å². The molecule has 0 saturated carbocycles. The van der Waals surface area contributed by atoms with E-state index in [0.717, 1.165) is 17.9 Å². The van der Waals surface area contributed by atoms with E-state index in [1.54, 1.807) is 0 Å². The van der Waals surface area contributed by atoms with Crippen molar-refractivity contribution in [3.05, 3.63) is 60.2 Å². The number of amides is 1. The summed E-state index contributed by atoms with van der Waals surface area (Å²) in [6.45, 7) is 2.14. The Bertz CT molecular complexity index is 609. The molecule has 1 aliphatic heterocycles. The zero-order valence-electron chi connectivity index (χ0n) is 11.5. The van der Waals surface area contributed by atoms with Gasteiger partial charge in [0.05, 0.1) is 0 Å². The molecule has 0 unspecified atom stereocenters. The van der Waals surface area contributed by atoms with Crippen molar-refractivity contribution < 1.29 is 9.53 Å². The summed E-state index contributed by atoms with van der Waals surface area (Å²) in [6, 6.07) is 17.7. The fourth-order valence-corrected chi connectivity index (χ4v) is 2.68. The molecule has 0 fully saturated rings. The maximum absolute atomic E-state index is 12.4. The van der Waals surface area contributed by atoms with E-state index in [2.05, 4.69) is 13.0 Å². The molecule has 1 heterocycles. The summed E-state index contributed by atoms with van der Waals surface area (Å²) in [6.07, 6.45) is 0.910. The molecule has 1 atom stereocenters. The summed E-state index contributed by atoms with van der Waals surface area (Å²) < 4.78 is 5.55. The molecule has 3 heteroatoms. The Balaban J connectivity index is 1.71. The minimum atomic E-state index is 0.00584. The summed E-state index contributed by atoms with van der Waals surface area (Å²) in [5.74, 6) is 0.729. The first-order valence-corrected chi connectivity index (χ1v) is 6.83. The number of anilines is 1. The Morgan fingerprint density at radius 2 is 1.85 bits per heavy atom. The van der Waals surface area contributed by atoms with E-state index < -0.39 is 0 Å². The maximum atomic E-state index is 12.4. The Hall–Kier alpha value is -2.29. The van der Waals surface area contributed by atoms with Crippen molar-refractivity contribution in [2.24, 2.45) is 0 Å². The molecule has 0 aromatic heterocycles. The van der Waals surface area contributed by atoms with Gasteiger partial charge < -0.3 is 9.64 Å². The second kappa shape index (κ2) is 5.37. The van der Waals surface area contributed by atoms with Gasteiger partial charge in [-0.15, -0.1) is 0 Å². The first-order chi connectivity index (χ1) is 9.75. The summed E-state index contributed by atoms with van der Waals surface area (Å²) in [5.41, 5.74) is 2.25. The molecular formula is C17H17NO2.